The maximum Gasteiger partial charge on any atom is 0.119 e. The highest BCUT2D eigenvalue weighted by molar-refractivity contribution is 5.85. The molecular weight excluding hydrogens is 448 g/mol. The molecule has 0 aromatic heterocycles. The van der Waals surface area contributed by atoms with Crippen molar-refractivity contribution in [3.8, 4) is 11.8 Å². The summed E-state index contributed by atoms with van der Waals surface area (Å²) < 4.78 is 5.71. The Kier molecular flexibility index (Phi) is 10.6. The van der Waals surface area contributed by atoms with Crippen LogP contribution in [0, 0.1) is 11.3 Å². The largest absolute Gasteiger partial charge is 0.491 e. The highest BCUT2D eigenvalue weighted by Crippen LogP contribution is 2.20. The molecule has 0 amide bonds. The molecule has 0 aliphatic carbocycles. The molecule has 2 aliphatic rings. The van der Waals surface area contributed by atoms with Crippen molar-refractivity contribution in [2.75, 3.05) is 52.4 Å². The van der Waals surface area contributed by atoms with Crippen molar-refractivity contribution >= 4 is 12.4 Å². The topological polar surface area (TPSA) is 63.0 Å². The van der Waals surface area contributed by atoms with Gasteiger partial charge in [-0.05, 0) is 75.3 Å². The van der Waals surface area contributed by atoms with Crippen molar-refractivity contribution in [1.29, 1.82) is 5.26 Å². The van der Waals surface area contributed by atoms with E-state index >= 15 is 0 Å². The summed E-state index contributed by atoms with van der Waals surface area (Å²) in [6.45, 7) is 8.40. The first-order valence-electron chi connectivity index (χ1n) is 12.2. The SMILES string of the molecule is Cl.N#Cc1cccc(CN2CCC(N3CCCN(CC(O)COc4ccccc4)CC3)CC2)c1. The number of ether oxygens (including phenoxy) is 1. The molecule has 184 valence electrons. The predicted molar refractivity (Wildman–Crippen MR) is 137 cm³/mol. The minimum atomic E-state index is -0.473. The van der Waals surface area contributed by atoms with Gasteiger partial charge < -0.3 is 9.84 Å². The Morgan fingerprint density at radius 1 is 0.941 bits per heavy atom. The zero-order chi connectivity index (χ0) is 22.9. The quantitative estimate of drug-likeness (QED) is 0.619. The molecule has 34 heavy (non-hydrogen) atoms. The fraction of sp³-hybridized carbons (Fsp3) is 0.519. The van der Waals surface area contributed by atoms with E-state index in [1.54, 1.807) is 0 Å². The summed E-state index contributed by atoms with van der Waals surface area (Å²) in [5, 5.41) is 19.6. The number of nitrogens with zero attached hydrogens (tertiary/aromatic N) is 4. The fourth-order valence-electron chi connectivity index (χ4n) is 5.04. The van der Waals surface area contributed by atoms with Gasteiger partial charge in [0.2, 0.25) is 0 Å². The van der Waals surface area contributed by atoms with Crippen LogP contribution in [0.15, 0.2) is 54.6 Å². The Hall–Kier alpha value is -2.14. The van der Waals surface area contributed by atoms with E-state index in [9.17, 15) is 5.11 Å². The molecule has 2 aromatic carbocycles. The van der Waals surface area contributed by atoms with Gasteiger partial charge in [0.1, 0.15) is 18.5 Å². The third-order valence-corrected chi connectivity index (χ3v) is 6.81. The second kappa shape index (κ2) is 13.7. The van der Waals surface area contributed by atoms with Gasteiger partial charge in [0.05, 0.1) is 11.6 Å². The van der Waals surface area contributed by atoms with Crippen LogP contribution in [0.3, 0.4) is 0 Å². The van der Waals surface area contributed by atoms with Crippen LogP contribution in [0.2, 0.25) is 0 Å². The van der Waals surface area contributed by atoms with Gasteiger partial charge in [-0.3, -0.25) is 14.7 Å². The molecule has 0 spiro atoms. The van der Waals surface area contributed by atoms with Gasteiger partial charge in [0.15, 0.2) is 0 Å². The van der Waals surface area contributed by atoms with Gasteiger partial charge in [-0.1, -0.05) is 30.3 Å². The smallest absolute Gasteiger partial charge is 0.119 e. The maximum atomic E-state index is 10.4. The number of hydrogen-bond acceptors (Lipinski definition) is 6. The minimum Gasteiger partial charge on any atom is -0.491 e. The molecular formula is C27H37ClN4O2. The maximum absolute atomic E-state index is 10.4. The molecule has 2 fully saturated rings. The number of rotatable bonds is 8. The van der Waals surface area contributed by atoms with E-state index in [1.165, 1.54) is 18.4 Å². The molecule has 2 aliphatic heterocycles. The Labute approximate surface area is 210 Å². The highest BCUT2D eigenvalue weighted by atomic mass is 35.5. The lowest BCUT2D eigenvalue weighted by molar-refractivity contribution is 0.0668. The van der Waals surface area contributed by atoms with Crippen LogP contribution >= 0.6 is 12.4 Å². The van der Waals surface area contributed by atoms with Crippen molar-refractivity contribution < 1.29 is 9.84 Å². The summed E-state index contributed by atoms with van der Waals surface area (Å²) in [5.74, 6) is 0.808. The van der Waals surface area contributed by atoms with Crippen LogP contribution < -0.4 is 4.74 Å². The zero-order valence-corrected chi connectivity index (χ0v) is 20.7. The monoisotopic (exact) mass is 484 g/mol. The highest BCUT2D eigenvalue weighted by Gasteiger charge is 2.27. The number of aliphatic hydroxyl groups is 1. The van der Waals surface area contributed by atoms with E-state index in [4.69, 9.17) is 10.00 Å². The molecule has 0 bridgehead atoms. The number of aliphatic hydroxyl groups excluding tert-OH is 1. The summed E-state index contributed by atoms with van der Waals surface area (Å²) in [4.78, 5) is 7.57. The average molecular weight is 485 g/mol. The van der Waals surface area contributed by atoms with Gasteiger partial charge in [0, 0.05) is 32.2 Å². The predicted octanol–water partition coefficient (Wildman–Crippen LogP) is 3.39. The number of nitriles is 1. The molecule has 1 N–H and O–H groups in total. The van der Waals surface area contributed by atoms with Crippen molar-refractivity contribution in [1.82, 2.24) is 14.7 Å². The first-order valence-corrected chi connectivity index (χ1v) is 12.2. The van der Waals surface area contributed by atoms with E-state index < -0.39 is 6.10 Å². The van der Waals surface area contributed by atoms with E-state index in [1.807, 2.05) is 48.5 Å². The Morgan fingerprint density at radius 2 is 1.74 bits per heavy atom. The Balaban J connectivity index is 0.00000324. The number of benzene rings is 2. The van der Waals surface area contributed by atoms with Crippen LogP contribution in [-0.4, -0.2) is 84.4 Å². The Morgan fingerprint density at radius 3 is 2.50 bits per heavy atom. The summed E-state index contributed by atoms with van der Waals surface area (Å²) in [5.41, 5.74) is 1.97. The van der Waals surface area contributed by atoms with Crippen molar-refractivity contribution in [2.24, 2.45) is 0 Å². The summed E-state index contributed by atoms with van der Waals surface area (Å²) in [6, 6.07) is 20.6. The first kappa shape index (κ1) is 26.5. The molecule has 4 rings (SSSR count). The van der Waals surface area contributed by atoms with E-state index in [0.717, 1.165) is 63.5 Å². The second-order valence-electron chi connectivity index (χ2n) is 9.29. The molecule has 1 unspecified atom stereocenters. The van der Waals surface area contributed by atoms with Crippen LogP contribution in [0.4, 0.5) is 0 Å². The molecule has 6 nitrogen and oxygen atoms in total. The van der Waals surface area contributed by atoms with Crippen molar-refractivity contribution in [3.63, 3.8) is 0 Å². The standard InChI is InChI=1S/C27H36N4O2.ClH/c28-19-23-6-4-7-24(18-23)20-30-14-10-25(11-15-30)31-13-5-12-29(16-17-31)21-26(32)22-33-27-8-2-1-3-9-27;/h1-4,6-9,18,25-26,32H,5,10-17,20-22H2;1H. The lowest BCUT2D eigenvalue weighted by atomic mass is 10.0. The van der Waals surface area contributed by atoms with Crippen LogP contribution in [-0.2, 0) is 6.54 Å². The van der Waals surface area contributed by atoms with Crippen LogP contribution in [0.5, 0.6) is 5.75 Å². The summed E-state index contributed by atoms with van der Waals surface area (Å²) in [7, 11) is 0. The van der Waals surface area contributed by atoms with Gasteiger partial charge >= 0.3 is 0 Å². The number of β-amino-alcohol motifs (C(OH)–C–C–N with tert-alkyl or cyclic N) is 1. The van der Waals surface area contributed by atoms with E-state index in [0.29, 0.717) is 19.2 Å². The normalized spacial score (nSPS) is 19.5. The minimum absolute atomic E-state index is 0. The van der Waals surface area contributed by atoms with Crippen molar-refractivity contribution in [3.05, 3.63) is 65.7 Å². The van der Waals surface area contributed by atoms with Gasteiger partial charge in [-0.15, -0.1) is 12.4 Å². The molecule has 1 atom stereocenters. The molecule has 0 radical (unpaired) electrons. The van der Waals surface area contributed by atoms with Gasteiger partial charge in [-0.25, -0.2) is 0 Å². The third-order valence-electron chi connectivity index (χ3n) is 6.81. The number of para-hydroxylation sites is 1. The van der Waals surface area contributed by atoms with Crippen LogP contribution in [0.25, 0.3) is 0 Å². The average Bonchev–Trinajstić information content (AvgIpc) is 3.09. The van der Waals surface area contributed by atoms with Gasteiger partial charge in [0.25, 0.3) is 0 Å². The fourth-order valence-corrected chi connectivity index (χ4v) is 5.04. The van der Waals surface area contributed by atoms with Crippen molar-refractivity contribution in [2.45, 2.75) is 38.0 Å². The van der Waals surface area contributed by atoms with E-state index in [2.05, 4.69) is 26.8 Å². The number of piperidine rings is 1. The number of hydrogen-bond donors (Lipinski definition) is 1. The molecule has 2 saturated heterocycles. The summed E-state index contributed by atoms with van der Waals surface area (Å²) in [6.07, 6.45) is 3.07. The lowest BCUT2D eigenvalue weighted by Crippen LogP contribution is -2.46. The zero-order valence-electron chi connectivity index (χ0n) is 19.9. The number of likely N-dealkylation sites (tertiary alicyclic amines) is 1. The molecule has 7 heteroatoms. The molecule has 2 aromatic rings. The lowest BCUT2D eigenvalue weighted by Gasteiger charge is -2.38. The number of halogens is 1. The molecule has 2 heterocycles. The third kappa shape index (κ3) is 7.97. The Bertz CT molecular complexity index is 899. The second-order valence-corrected chi connectivity index (χ2v) is 9.29. The van der Waals surface area contributed by atoms with Crippen LogP contribution in [0.1, 0.15) is 30.4 Å². The van der Waals surface area contributed by atoms with E-state index in [-0.39, 0.29) is 12.4 Å². The first-order chi connectivity index (χ1) is 16.2. The summed E-state index contributed by atoms with van der Waals surface area (Å²) >= 11 is 0. The van der Waals surface area contributed by atoms with Gasteiger partial charge in [-0.2, -0.15) is 5.26 Å². The molecule has 0 saturated carbocycles.